The Labute approximate surface area is 130 Å². The van der Waals surface area contributed by atoms with Crippen molar-refractivity contribution in [2.24, 2.45) is 0 Å². The summed E-state index contributed by atoms with van der Waals surface area (Å²) in [4.78, 5) is 18.9. The number of amides is 1. The van der Waals surface area contributed by atoms with E-state index in [9.17, 15) is 4.79 Å². The summed E-state index contributed by atoms with van der Waals surface area (Å²) in [6, 6.07) is 13.8. The Bertz CT molecular complexity index is 738. The van der Waals surface area contributed by atoms with E-state index in [2.05, 4.69) is 35.3 Å². The number of aromatic nitrogens is 1. The van der Waals surface area contributed by atoms with E-state index >= 15 is 0 Å². The third-order valence-corrected chi connectivity index (χ3v) is 4.84. The van der Waals surface area contributed by atoms with Crippen LogP contribution in [0.5, 0.6) is 0 Å². The summed E-state index contributed by atoms with van der Waals surface area (Å²) in [5, 5.41) is 0. The standard InChI is InChI=1S/C19H18N2O/c22-18(16-8-3-6-13-20-16)21-14-12-19(10-4-5-11-19)15-7-1-2-9-17(15)21/h1-4,6-10,13H,5,11-12,14H2. The van der Waals surface area contributed by atoms with E-state index in [0.29, 0.717) is 5.69 Å². The van der Waals surface area contributed by atoms with Gasteiger partial charge in [-0.05, 0) is 43.0 Å². The monoisotopic (exact) mass is 290 g/mol. The summed E-state index contributed by atoms with van der Waals surface area (Å²) >= 11 is 0. The molecule has 1 atom stereocenters. The van der Waals surface area contributed by atoms with Crippen molar-refractivity contribution in [2.45, 2.75) is 24.7 Å². The number of allylic oxidation sites excluding steroid dienone is 2. The van der Waals surface area contributed by atoms with E-state index in [0.717, 1.165) is 31.5 Å². The Hall–Kier alpha value is -2.42. The largest absolute Gasteiger partial charge is 0.307 e. The van der Waals surface area contributed by atoms with Crippen LogP contribution < -0.4 is 4.90 Å². The average Bonchev–Trinajstić information content (AvgIpc) is 3.05. The third-order valence-electron chi connectivity index (χ3n) is 4.84. The molecule has 0 saturated heterocycles. The minimum Gasteiger partial charge on any atom is -0.307 e. The quantitative estimate of drug-likeness (QED) is 0.750. The zero-order valence-corrected chi connectivity index (χ0v) is 12.4. The van der Waals surface area contributed by atoms with Gasteiger partial charge in [0.05, 0.1) is 0 Å². The van der Waals surface area contributed by atoms with E-state index in [1.54, 1.807) is 12.3 Å². The van der Waals surface area contributed by atoms with Crippen molar-refractivity contribution in [1.29, 1.82) is 0 Å². The summed E-state index contributed by atoms with van der Waals surface area (Å²) in [6.07, 6.45) is 9.54. The topological polar surface area (TPSA) is 33.2 Å². The van der Waals surface area contributed by atoms with Crippen molar-refractivity contribution in [1.82, 2.24) is 4.98 Å². The zero-order chi connectivity index (χ0) is 15.0. The molecule has 0 radical (unpaired) electrons. The second-order valence-corrected chi connectivity index (χ2v) is 6.04. The number of rotatable bonds is 1. The molecule has 0 saturated carbocycles. The molecule has 22 heavy (non-hydrogen) atoms. The van der Waals surface area contributed by atoms with Gasteiger partial charge < -0.3 is 4.90 Å². The highest BCUT2D eigenvalue weighted by molar-refractivity contribution is 6.05. The van der Waals surface area contributed by atoms with Gasteiger partial charge >= 0.3 is 0 Å². The lowest BCUT2D eigenvalue weighted by molar-refractivity contribution is 0.0978. The molecule has 1 aromatic heterocycles. The molecule has 0 bridgehead atoms. The van der Waals surface area contributed by atoms with Crippen LogP contribution in [0.15, 0.2) is 60.8 Å². The zero-order valence-electron chi connectivity index (χ0n) is 12.4. The number of hydrogen-bond acceptors (Lipinski definition) is 2. The van der Waals surface area contributed by atoms with Crippen LogP contribution in [0.1, 0.15) is 35.3 Å². The van der Waals surface area contributed by atoms with E-state index in [4.69, 9.17) is 0 Å². The van der Waals surface area contributed by atoms with Crippen molar-refractivity contribution in [3.63, 3.8) is 0 Å². The number of para-hydroxylation sites is 1. The molecule has 4 rings (SSSR count). The average molecular weight is 290 g/mol. The van der Waals surface area contributed by atoms with Gasteiger partial charge in [0.1, 0.15) is 5.69 Å². The Morgan fingerprint density at radius 1 is 1.09 bits per heavy atom. The van der Waals surface area contributed by atoms with Crippen molar-refractivity contribution >= 4 is 11.6 Å². The number of anilines is 1. The number of fused-ring (bicyclic) bond motifs is 2. The van der Waals surface area contributed by atoms with Crippen LogP contribution in [0.4, 0.5) is 5.69 Å². The Balaban J connectivity index is 1.77. The molecular weight excluding hydrogens is 272 g/mol. The normalized spacial score (nSPS) is 22.8. The molecule has 1 unspecified atom stereocenters. The van der Waals surface area contributed by atoms with Gasteiger partial charge in [0.15, 0.2) is 0 Å². The number of pyridine rings is 1. The van der Waals surface area contributed by atoms with Gasteiger partial charge in [-0.1, -0.05) is 36.4 Å². The van der Waals surface area contributed by atoms with Gasteiger partial charge in [-0.15, -0.1) is 0 Å². The summed E-state index contributed by atoms with van der Waals surface area (Å²) in [5.74, 6) is -0.00937. The number of benzene rings is 1. The highest BCUT2D eigenvalue weighted by atomic mass is 16.2. The lowest BCUT2D eigenvalue weighted by Gasteiger charge is -2.40. The number of carbonyl (C=O) groups excluding carboxylic acids is 1. The molecule has 1 amide bonds. The number of carbonyl (C=O) groups is 1. The maximum absolute atomic E-state index is 12.8. The molecule has 1 aliphatic carbocycles. The molecule has 1 aliphatic heterocycles. The highest BCUT2D eigenvalue weighted by Gasteiger charge is 2.40. The minimum atomic E-state index is -0.00937. The highest BCUT2D eigenvalue weighted by Crippen LogP contribution is 2.46. The van der Waals surface area contributed by atoms with Crippen LogP contribution in [-0.2, 0) is 5.41 Å². The van der Waals surface area contributed by atoms with E-state index in [-0.39, 0.29) is 11.3 Å². The second kappa shape index (κ2) is 5.09. The lowest BCUT2D eigenvalue weighted by atomic mass is 9.74. The van der Waals surface area contributed by atoms with Crippen molar-refractivity contribution in [2.75, 3.05) is 11.4 Å². The van der Waals surface area contributed by atoms with Gasteiger partial charge in [-0.3, -0.25) is 9.78 Å². The van der Waals surface area contributed by atoms with E-state index < -0.39 is 0 Å². The van der Waals surface area contributed by atoms with Crippen LogP contribution in [-0.4, -0.2) is 17.4 Å². The first-order valence-corrected chi connectivity index (χ1v) is 7.80. The van der Waals surface area contributed by atoms with E-state index in [1.807, 2.05) is 23.1 Å². The Kier molecular flexibility index (Phi) is 3.07. The van der Waals surface area contributed by atoms with Gasteiger partial charge in [0.2, 0.25) is 0 Å². The smallest absolute Gasteiger partial charge is 0.276 e. The molecule has 0 fully saturated rings. The Morgan fingerprint density at radius 3 is 2.73 bits per heavy atom. The first kappa shape index (κ1) is 13.3. The van der Waals surface area contributed by atoms with Crippen molar-refractivity contribution in [3.8, 4) is 0 Å². The van der Waals surface area contributed by atoms with Crippen LogP contribution in [0.3, 0.4) is 0 Å². The molecular formula is C19H18N2O. The van der Waals surface area contributed by atoms with E-state index in [1.165, 1.54) is 5.56 Å². The second-order valence-electron chi connectivity index (χ2n) is 6.04. The molecule has 2 heterocycles. The molecule has 3 heteroatoms. The van der Waals surface area contributed by atoms with Crippen molar-refractivity contribution < 1.29 is 4.79 Å². The summed E-state index contributed by atoms with van der Waals surface area (Å²) in [6.45, 7) is 0.747. The fourth-order valence-electron chi connectivity index (χ4n) is 3.70. The number of nitrogens with zero attached hydrogens (tertiary/aromatic N) is 2. The molecule has 2 aliphatic rings. The van der Waals surface area contributed by atoms with Crippen LogP contribution >= 0.6 is 0 Å². The van der Waals surface area contributed by atoms with Gasteiger partial charge in [0, 0.05) is 23.8 Å². The lowest BCUT2D eigenvalue weighted by Crippen LogP contribution is -2.42. The molecule has 1 aromatic carbocycles. The number of hydrogen-bond donors (Lipinski definition) is 0. The fourth-order valence-corrected chi connectivity index (χ4v) is 3.70. The minimum absolute atomic E-state index is 0.00937. The molecule has 1 spiro atoms. The van der Waals surface area contributed by atoms with Crippen LogP contribution in [0.2, 0.25) is 0 Å². The Morgan fingerprint density at radius 2 is 1.95 bits per heavy atom. The fraction of sp³-hybridized carbons (Fsp3) is 0.263. The SMILES string of the molecule is O=C(c1ccccn1)N1CCC2(C=CCC2)c2ccccc21. The van der Waals surface area contributed by atoms with Crippen molar-refractivity contribution in [3.05, 3.63) is 72.1 Å². The summed E-state index contributed by atoms with van der Waals surface area (Å²) in [5.41, 5.74) is 2.95. The maximum atomic E-state index is 12.8. The predicted octanol–water partition coefficient (Wildman–Crippen LogP) is 3.72. The van der Waals surface area contributed by atoms with Crippen LogP contribution in [0, 0.1) is 0 Å². The predicted molar refractivity (Wildman–Crippen MR) is 87.0 cm³/mol. The van der Waals surface area contributed by atoms with Crippen LogP contribution in [0.25, 0.3) is 0 Å². The first-order chi connectivity index (χ1) is 10.8. The van der Waals surface area contributed by atoms with Gasteiger partial charge in [0.25, 0.3) is 5.91 Å². The van der Waals surface area contributed by atoms with Gasteiger partial charge in [-0.25, -0.2) is 0 Å². The molecule has 3 nitrogen and oxygen atoms in total. The first-order valence-electron chi connectivity index (χ1n) is 7.80. The summed E-state index contributed by atoms with van der Waals surface area (Å²) < 4.78 is 0. The molecule has 110 valence electrons. The summed E-state index contributed by atoms with van der Waals surface area (Å²) in [7, 11) is 0. The third kappa shape index (κ3) is 1.97. The van der Waals surface area contributed by atoms with Gasteiger partial charge in [-0.2, -0.15) is 0 Å². The molecule has 2 aromatic rings. The molecule has 0 N–H and O–H groups in total. The maximum Gasteiger partial charge on any atom is 0.276 e.